The molecule has 1 fully saturated rings. The Morgan fingerprint density at radius 1 is 1.50 bits per heavy atom. The second kappa shape index (κ2) is 4.80. The van der Waals surface area contributed by atoms with Crippen molar-refractivity contribution in [3.05, 3.63) is 39.4 Å². The molecule has 0 spiro atoms. The quantitative estimate of drug-likeness (QED) is 0.899. The number of aromatic nitrogens is 1. The summed E-state index contributed by atoms with van der Waals surface area (Å²) in [6, 6.07) is 1.000. The Hall–Kier alpha value is -2.41. The standard InChI is InChI=1S/C17H17FN2O4/c1-8-7-24-15-12(17(19-2)3-4-17)11(18)5-9-13(15)20(8)6-10(14(9)21)16(22)23/h5-6,8,19H,3-4,7H2,1-2H3,(H,22,23)/t8-/m0/s1. The van der Waals surface area contributed by atoms with E-state index in [0.29, 0.717) is 23.4 Å². The first-order valence-electron chi connectivity index (χ1n) is 7.86. The van der Waals surface area contributed by atoms with Crippen LogP contribution in [0.5, 0.6) is 5.75 Å². The molecule has 1 aliphatic carbocycles. The van der Waals surface area contributed by atoms with Crippen molar-refractivity contribution in [1.29, 1.82) is 0 Å². The Balaban J connectivity index is 2.16. The smallest absolute Gasteiger partial charge is 0.341 e. The van der Waals surface area contributed by atoms with Gasteiger partial charge in [0, 0.05) is 6.20 Å². The third-order valence-electron chi connectivity index (χ3n) is 5.10. The normalized spacial score (nSPS) is 20.7. The van der Waals surface area contributed by atoms with E-state index in [1.165, 1.54) is 6.20 Å². The van der Waals surface area contributed by atoms with Crippen LogP contribution in [0.3, 0.4) is 0 Å². The molecular weight excluding hydrogens is 315 g/mol. The SMILES string of the molecule is CNC1(c2c(F)cc3c(=O)c(C(=O)O)cn4c3c2OC[C@@H]4C)CC1. The minimum absolute atomic E-state index is 0.0459. The number of halogens is 1. The van der Waals surface area contributed by atoms with Crippen molar-refractivity contribution in [2.45, 2.75) is 31.3 Å². The molecule has 1 aromatic carbocycles. The summed E-state index contributed by atoms with van der Waals surface area (Å²) in [5, 5.41) is 12.5. The maximum absolute atomic E-state index is 14.8. The van der Waals surface area contributed by atoms with Gasteiger partial charge in [0.05, 0.1) is 28.0 Å². The van der Waals surface area contributed by atoms with Crippen LogP contribution in [0.4, 0.5) is 4.39 Å². The molecular formula is C17H17FN2O4. The summed E-state index contributed by atoms with van der Waals surface area (Å²) in [4.78, 5) is 23.8. The monoisotopic (exact) mass is 332 g/mol. The van der Waals surface area contributed by atoms with Crippen LogP contribution in [0.2, 0.25) is 0 Å². The van der Waals surface area contributed by atoms with Crippen LogP contribution in [0.25, 0.3) is 10.9 Å². The van der Waals surface area contributed by atoms with Crippen molar-refractivity contribution in [3.63, 3.8) is 0 Å². The van der Waals surface area contributed by atoms with Gasteiger partial charge in [-0.15, -0.1) is 0 Å². The highest BCUT2D eigenvalue weighted by molar-refractivity contribution is 5.95. The number of ether oxygens (including phenoxy) is 1. The molecule has 2 heterocycles. The Labute approximate surface area is 136 Å². The van der Waals surface area contributed by atoms with E-state index in [1.54, 1.807) is 11.6 Å². The molecule has 1 saturated carbocycles. The number of pyridine rings is 1. The summed E-state index contributed by atoms with van der Waals surface area (Å²) >= 11 is 0. The number of rotatable bonds is 3. The molecule has 7 heteroatoms. The first-order chi connectivity index (χ1) is 11.4. The highest BCUT2D eigenvalue weighted by Crippen LogP contribution is 2.52. The predicted molar refractivity (Wildman–Crippen MR) is 85.3 cm³/mol. The van der Waals surface area contributed by atoms with E-state index in [0.717, 1.165) is 18.9 Å². The van der Waals surface area contributed by atoms with Gasteiger partial charge in [0.15, 0.2) is 5.75 Å². The van der Waals surface area contributed by atoms with Crippen LogP contribution in [-0.4, -0.2) is 29.3 Å². The number of nitrogens with one attached hydrogen (secondary N) is 1. The summed E-state index contributed by atoms with van der Waals surface area (Å²) in [7, 11) is 1.77. The number of hydrogen-bond acceptors (Lipinski definition) is 4. The zero-order valence-electron chi connectivity index (χ0n) is 13.4. The number of aromatic carboxylic acids is 1. The van der Waals surface area contributed by atoms with Gasteiger partial charge in [-0.1, -0.05) is 0 Å². The first-order valence-corrected chi connectivity index (χ1v) is 7.86. The van der Waals surface area contributed by atoms with Crippen LogP contribution in [0.1, 0.15) is 41.7 Å². The largest absolute Gasteiger partial charge is 0.489 e. The fourth-order valence-corrected chi connectivity index (χ4v) is 3.57. The van der Waals surface area contributed by atoms with E-state index < -0.39 is 22.8 Å². The van der Waals surface area contributed by atoms with Crippen LogP contribution in [-0.2, 0) is 5.54 Å². The minimum Gasteiger partial charge on any atom is -0.489 e. The van der Waals surface area contributed by atoms with E-state index in [4.69, 9.17) is 4.74 Å². The molecule has 1 atom stereocenters. The highest BCUT2D eigenvalue weighted by atomic mass is 19.1. The molecule has 0 radical (unpaired) electrons. The summed E-state index contributed by atoms with van der Waals surface area (Å²) in [6.07, 6.45) is 2.91. The third-order valence-corrected chi connectivity index (χ3v) is 5.10. The average Bonchev–Trinajstić information content (AvgIpc) is 3.33. The van der Waals surface area contributed by atoms with Gasteiger partial charge in [-0.2, -0.15) is 0 Å². The lowest BCUT2D eigenvalue weighted by atomic mass is 9.97. The molecule has 6 nitrogen and oxygen atoms in total. The van der Waals surface area contributed by atoms with E-state index in [2.05, 4.69) is 5.32 Å². The van der Waals surface area contributed by atoms with E-state index in [9.17, 15) is 19.1 Å². The van der Waals surface area contributed by atoms with Crippen LogP contribution in [0, 0.1) is 5.82 Å². The molecule has 0 amide bonds. The molecule has 0 unspecified atom stereocenters. The minimum atomic E-state index is -1.32. The van der Waals surface area contributed by atoms with Gasteiger partial charge in [-0.3, -0.25) is 4.79 Å². The van der Waals surface area contributed by atoms with Gasteiger partial charge in [0.1, 0.15) is 18.0 Å². The van der Waals surface area contributed by atoms with Gasteiger partial charge < -0.3 is 19.7 Å². The molecule has 1 aromatic heterocycles. The Kier molecular flexibility index (Phi) is 3.02. The average molecular weight is 332 g/mol. The molecule has 2 aromatic rings. The number of carboxylic acid groups (broad SMARTS) is 1. The summed E-state index contributed by atoms with van der Waals surface area (Å²) in [6.45, 7) is 2.16. The maximum Gasteiger partial charge on any atom is 0.341 e. The van der Waals surface area contributed by atoms with Gasteiger partial charge in [-0.05, 0) is 32.9 Å². The lowest BCUT2D eigenvalue weighted by Crippen LogP contribution is -2.31. The van der Waals surface area contributed by atoms with Crippen LogP contribution >= 0.6 is 0 Å². The van der Waals surface area contributed by atoms with Crippen LogP contribution in [0.15, 0.2) is 17.1 Å². The fraction of sp³-hybridized carbons (Fsp3) is 0.412. The van der Waals surface area contributed by atoms with Crippen molar-refractivity contribution in [1.82, 2.24) is 9.88 Å². The second-order valence-electron chi connectivity index (χ2n) is 6.54. The number of benzene rings is 1. The maximum atomic E-state index is 14.8. The molecule has 0 bridgehead atoms. The van der Waals surface area contributed by atoms with E-state index >= 15 is 0 Å². The number of carboxylic acids is 1. The summed E-state index contributed by atoms with van der Waals surface area (Å²) in [5.74, 6) is -1.50. The van der Waals surface area contributed by atoms with Crippen molar-refractivity contribution in [3.8, 4) is 5.75 Å². The van der Waals surface area contributed by atoms with Crippen molar-refractivity contribution < 1.29 is 19.0 Å². The van der Waals surface area contributed by atoms with Gasteiger partial charge in [0.25, 0.3) is 0 Å². The molecule has 4 rings (SSSR count). The van der Waals surface area contributed by atoms with Gasteiger partial charge in [0.2, 0.25) is 5.43 Å². The van der Waals surface area contributed by atoms with Gasteiger partial charge >= 0.3 is 5.97 Å². The molecule has 24 heavy (non-hydrogen) atoms. The van der Waals surface area contributed by atoms with Crippen LogP contribution < -0.4 is 15.5 Å². The number of carbonyl (C=O) groups is 1. The van der Waals surface area contributed by atoms with Crippen molar-refractivity contribution in [2.75, 3.05) is 13.7 Å². The second-order valence-corrected chi connectivity index (χ2v) is 6.54. The van der Waals surface area contributed by atoms with Crippen molar-refractivity contribution in [2.24, 2.45) is 0 Å². The Morgan fingerprint density at radius 2 is 2.21 bits per heavy atom. The topological polar surface area (TPSA) is 80.6 Å². The lowest BCUT2D eigenvalue weighted by molar-refractivity contribution is 0.0694. The molecule has 126 valence electrons. The lowest BCUT2D eigenvalue weighted by Gasteiger charge is -2.30. The number of hydrogen-bond donors (Lipinski definition) is 2. The zero-order valence-corrected chi connectivity index (χ0v) is 13.4. The Morgan fingerprint density at radius 3 is 2.79 bits per heavy atom. The molecule has 2 aliphatic rings. The van der Waals surface area contributed by atoms with Gasteiger partial charge in [-0.25, -0.2) is 9.18 Å². The third kappa shape index (κ3) is 1.84. The summed E-state index contributed by atoms with van der Waals surface area (Å²) < 4.78 is 22.4. The highest BCUT2D eigenvalue weighted by Gasteiger charge is 2.48. The van der Waals surface area contributed by atoms with E-state index in [1.807, 2.05) is 6.92 Å². The number of nitrogens with zero attached hydrogens (tertiary/aromatic N) is 1. The van der Waals surface area contributed by atoms with E-state index in [-0.39, 0.29) is 17.0 Å². The summed E-state index contributed by atoms with van der Waals surface area (Å²) in [5.41, 5.74) is -0.612. The van der Waals surface area contributed by atoms with Crippen molar-refractivity contribution >= 4 is 16.9 Å². The predicted octanol–water partition coefficient (Wildman–Crippen LogP) is 2.00. The fourth-order valence-electron chi connectivity index (χ4n) is 3.57. The first kappa shape index (κ1) is 15.1. The molecule has 2 N–H and O–H groups in total. The molecule has 0 saturated heterocycles. The Bertz CT molecular complexity index is 946. The zero-order chi connectivity index (χ0) is 17.2. The molecule has 1 aliphatic heterocycles.